The molecule has 15 aromatic rings. The maximum atomic E-state index is 13.8. The lowest BCUT2D eigenvalue weighted by Gasteiger charge is -2.46. The van der Waals surface area contributed by atoms with Gasteiger partial charge < -0.3 is 121 Å². The number of nitrogens with one attached hydrogen (secondary N) is 5. The van der Waals surface area contributed by atoms with Gasteiger partial charge in [-0.2, -0.15) is 0 Å². The van der Waals surface area contributed by atoms with Crippen molar-refractivity contribution < 1.29 is 161 Å². The van der Waals surface area contributed by atoms with Crippen LogP contribution in [0.5, 0.6) is 57.5 Å². The molecule has 730 valence electrons. The summed E-state index contributed by atoms with van der Waals surface area (Å²) in [5, 5.41) is -0.236. The fourth-order valence-corrected chi connectivity index (χ4v) is 19.7. The molecule has 0 bridgehead atoms. The number of ether oxygens (including phenoxy) is 10. The Bertz CT molecular complexity index is 10700. The number of hydrogen-bond acceptors (Lipinski definition) is 20. The molecule has 0 radical (unpaired) electrons. The summed E-state index contributed by atoms with van der Waals surface area (Å²) in [7, 11) is 1.19. The van der Waals surface area contributed by atoms with Crippen LogP contribution < -0.4 is 47.4 Å². The predicted octanol–water partition coefficient (Wildman–Crippen LogP) is 11.1. The van der Waals surface area contributed by atoms with E-state index in [2.05, 4.69) is 24.9 Å². The van der Waals surface area contributed by atoms with Crippen LogP contribution in [-0.2, 0) is 79.8 Å². The minimum Gasteiger partial charge on any atom is -0.454 e. The maximum Gasteiger partial charge on any atom is 0.245 e. The van der Waals surface area contributed by atoms with Gasteiger partial charge in [0.05, 0.1) is 90.3 Å². The molecule has 5 N–H and O–H groups in total. The summed E-state index contributed by atoms with van der Waals surface area (Å²) in [6.07, 6.45) is -15.0. The summed E-state index contributed by atoms with van der Waals surface area (Å²) in [6, 6.07) is -1.11. The number of carbonyl (C=O) groups is 10. The van der Waals surface area contributed by atoms with Crippen molar-refractivity contribution in [3.8, 4) is 57.5 Å². The predicted molar refractivity (Wildman–Crippen MR) is 523 cm³/mol. The second-order valence-electron chi connectivity index (χ2n) is 34.3. The molecular weight excluding hydrogens is 1850 g/mol. The Kier molecular flexibility index (Phi) is 11.9. The average molecular weight is 2000 g/mol. The highest BCUT2D eigenvalue weighted by Gasteiger charge is 2.55. The van der Waals surface area contributed by atoms with Gasteiger partial charge in [-0.25, -0.2) is 0 Å². The first-order valence-electron chi connectivity index (χ1n) is 68.0. The smallest absolute Gasteiger partial charge is 0.245 e. The number of fused-ring (bicyclic) bond motifs is 25. The molecule has 5 aromatic heterocycles. The molecule has 5 fully saturated rings. The van der Waals surface area contributed by atoms with Gasteiger partial charge in [-0.3, -0.25) is 47.9 Å². The van der Waals surface area contributed by atoms with Gasteiger partial charge in [0, 0.05) is 180 Å². The van der Waals surface area contributed by atoms with Crippen molar-refractivity contribution >= 4 is 114 Å². The highest BCUT2D eigenvalue weighted by atomic mass is 16.7. The number of hydrogen-bond donors (Lipinski definition) is 5. The van der Waals surface area contributed by atoms with Crippen molar-refractivity contribution in [1.29, 1.82) is 0 Å². The van der Waals surface area contributed by atoms with Crippen molar-refractivity contribution in [2.75, 3.05) is 101 Å². The molecule has 35 heteroatoms. The Hall–Kier alpha value is -17.4. The monoisotopic (exact) mass is 1990 g/mol. The maximum absolute atomic E-state index is 13.8. The Morgan fingerprint density at radius 3 is 0.903 bits per heavy atom. The minimum absolute atomic E-state index is 0.00638. The SMILES string of the molecule is [2H]C([2H])([2H])N1CC(=O)N2C(c3ccc4c(c3)OCO4)c3[nH]c4ccccc4c3C([2H])([2H])[C@]2([2H])C1=O.[2H]C1([2H])Oc2ccc(C3c4[nH]c5ccccc5c4C([2H])([2H])[C@]4([2H])C(=O)N(C([2H])([2H])[2H])CC(=O)N34)cc2O1.[2H]c1c([2H])c(C2c3[nH]c4c([2H])c([2H])c([2H])c([2H])c4c3C([2H])([2H])[C@]3([2H])C(=O)N(C)CC(=O)N23)c([2H])c2c1OC([2H])([2H])O2.[2H]c1c([2H])c([2H])c2c3c([nH]c2c1[2H])C(c1ccc2c(c1)OC([2H])([2H])O2)N1C(=O)CN(C([2H])([2H])[2H])C(=O)[C@@]1([2H])C3([2H])[2H].[2H]c1c([2H])c([2H])c2c3c([nH]c2c1[2H])C(c1ccc2c(c1)OCO2)N1C(=O)CN(C([2H])([2H])[2H])C(=O)[C@@]1([2H])C3([2H])[2H]. The highest BCUT2D eigenvalue weighted by Crippen LogP contribution is 2.53. The van der Waals surface area contributed by atoms with Crippen molar-refractivity contribution in [2.24, 2.45) is 0 Å². The summed E-state index contributed by atoms with van der Waals surface area (Å²) >= 11 is 0. The largest absolute Gasteiger partial charge is 0.454 e. The van der Waals surface area contributed by atoms with Gasteiger partial charge in [-0.15, -0.1) is 0 Å². The van der Waals surface area contributed by atoms with E-state index in [1.807, 2.05) is 0 Å². The van der Waals surface area contributed by atoms with Crippen molar-refractivity contribution in [3.63, 3.8) is 0 Å². The third-order valence-electron chi connectivity index (χ3n) is 26.1. The number of aromatic nitrogens is 5. The van der Waals surface area contributed by atoms with Gasteiger partial charge in [-0.05, 0) is 147 Å². The normalized spacial score (nSPS) is 33.3. The molecule has 5 saturated heterocycles. The van der Waals surface area contributed by atoms with Crippen LogP contribution in [-0.4, -0.2) is 265 Å². The van der Waals surface area contributed by atoms with Crippen molar-refractivity contribution in [2.45, 2.75) is 92.2 Å². The third kappa shape index (κ3) is 14.2. The van der Waals surface area contributed by atoms with E-state index in [9.17, 15) is 54.8 Å². The van der Waals surface area contributed by atoms with Crippen LogP contribution in [0.15, 0.2) is 212 Å². The number of carbonyl (C=O) groups excluding carboxylic acids is 10. The Labute approximate surface area is 894 Å². The lowest BCUT2D eigenvalue weighted by atomic mass is 9.86. The standard InChI is InChI=1S/5C22H19N3O4/c5*1-24-10-19(26)25-16(22(24)27)9-14-13-4-2-3-5-15(13)23-20(14)21(25)12-6-7-17-18(8-12)29-11-28-17/h5*2-8,16,21,23H,9-11H2,1H3/t5*16-,21?/m11111/s1/i2D,3D,4D,5D,6D,7D,8D,9D2,11D2,16D;1D3,2D,3D,4D,5D,9D2,11D2,16D;1D3,2D,3D,4D,5D,9D2,16D;1D3,9D2,11D2,16D;1D3,9D2,16D. The summed E-state index contributed by atoms with van der Waals surface area (Å²) in [5.41, 5.74) is -0.734. The molecular formula is C110H95N15O20. The summed E-state index contributed by atoms with van der Waals surface area (Å²) in [4.78, 5) is 156. The molecule has 0 saturated carbocycles. The van der Waals surface area contributed by atoms with Crippen LogP contribution in [0.25, 0.3) is 54.5 Å². The molecule has 35 nitrogen and oxygen atoms in total. The van der Waals surface area contributed by atoms with E-state index in [1.165, 1.54) is 61.6 Å². The molecule has 10 amide bonds. The zero-order valence-electron chi connectivity index (χ0n) is 122. The zero-order chi connectivity index (χ0) is 140. The van der Waals surface area contributed by atoms with Crippen molar-refractivity contribution in [3.05, 3.63) is 296 Å². The lowest BCUT2D eigenvalue weighted by Crippen LogP contribution is -2.62. The fraction of sp³-hybridized carbons (Fsp3) is 0.273. The summed E-state index contributed by atoms with van der Waals surface area (Å²) < 4.78 is 453. The first kappa shape index (κ1) is 50.8. The van der Waals surface area contributed by atoms with E-state index in [1.54, 1.807) is 66.7 Å². The molecule has 15 aliphatic rings. The molecule has 15 aliphatic heterocycles. The Morgan fingerprint density at radius 1 is 0.283 bits per heavy atom. The number of piperazine rings is 5. The Morgan fingerprint density at radius 2 is 0.552 bits per heavy atom. The van der Waals surface area contributed by atoms with Crippen LogP contribution in [0.2, 0.25) is 0 Å². The molecule has 0 spiro atoms. The minimum atomic E-state index is -3.25. The molecule has 145 heavy (non-hydrogen) atoms. The van der Waals surface area contributed by atoms with E-state index < -0.39 is 356 Å². The molecule has 20 heterocycles. The molecule has 5 unspecified atom stereocenters. The third-order valence-corrected chi connectivity index (χ3v) is 26.1. The van der Waals surface area contributed by atoms with Gasteiger partial charge in [-0.1, -0.05) is 121 Å². The van der Waals surface area contributed by atoms with E-state index in [-0.39, 0.29) is 140 Å². The summed E-state index contributed by atoms with van der Waals surface area (Å²) in [5.74, 6) is -11.3. The van der Waals surface area contributed by atoms with Crippen LogP contribution >= 0.6 is 0 Å². The topological polar surface area (TPSA) is 374 Å². The number of para-hydroxylation sites is 5. The zero-order valence-corrected chi connectivity index (χ0v) is 74.0. The van der Waals surface area contributed by atoms with Gasteiger partial charge in [0.25, 0.3) is 0 Å². The number of aromatic amines is 5. The first-order valence-corrected chi connectivity index (χ1v) is 44.0. The number of benzene rings is 10. The molecule has 30 rings (SSSR count). The Balaban J connectivity index is 0.000000114. The summed E-state index contributed by atoms with van der Waals surface area (Å²) in [6.45, 7) is -24.5. The number of amides is 10. The van der Waals surface area contributed by atoms with Gasteiger partial charge in [0.2, 0.25) is 92.9 Å². The number of nitrogens with zero attached hydrogens (tertiary/aromatic N) is 10. The van der Waals surface area contributed by atoms with Crippen LogP contribution in [0.4, 0.5) is 0 Å². The van der Waals surface area contributed by atoms with Gasteiger partial charge >= 0.3 is 0 Å². The number of H-pyrrole nitrogens is 5. The fourth-order valence-electron chi connectivity index (χ4n) is 19.7. The quantitative estimate of drug-likeness (QED) is 0.107. The van der Waals surface area contributed by atoms with Crippen LogP contribution in [0.1, 0.15) is 180 Å². The molecule has 0 aliphatic carbocycles. The first-order chi connectivity index (χ1) is 89.4. The van der Waals surface area contributed by atoms with Crippen LogP contribution in [0.3, 0.4) is 0 Å². The van der Waals surface area contributed by atoms with Gasteiger partial charge in [0.1, 0.15) is 38.3 Å². The van der Waals surface area contributed by atoms with E-state index in [0.29, 0.717) is 69.9 Å². The second kappa shape index (κ2) is 33.9. The van der Waals surface area contributed by atoms with E-state index >= 15 is 0 Å². The van der Waals surface area contributed by atoms with Crippen LogP contribution in [0, 0.1) is 0 Å². The van der Waals surface area contributed by atoms with E-state index in [0.717, 1.165) is 14.7 Å². The van der Waals surface area contributed by atoms with Crippen molar-refractivity contribution in [1.82, 2.24) is 73.9 Å². The second-order valence-corrected chi connectivity index (χ2v) is 34.3. The number of likely N-dealkylation sites (N-methyl/N-ethyl adjacent to an activating group) is 5. The average Bonchev–Trinajstić information content (AvgIpc) is 1.52. The highest BCUT2D eigenvalue weighted by molar-refractivity contribution is 6.03. The van der Waals surface area contributed by atoms with E-state index in [4.69, 9.17) is 106 Å². The number of rotatable bonds is 5. The van der Waals surface area contributed by atoms with Gasteiger partial charge in [0.15, 0.2) is 57.5 Å². The lowest BCUT2D eigenvalue weighted by molar-refractivity contribution is -0.157. The molecule has 10 atom stereocenters. The molecule has 10 aromatic carbocycles.